The third kappa shape index (κ3) is 1.59. The van der Waals surface area contributed by atoms with Gasteiger partial charge in [-0.3, -0.25) is 0 Å². The smallest absolute Gasteiger partial charge is 0.159 e. The van der Waals surface area contributed by atoms with Crippen molar-refractivity contribution in [2.24, 2.45) is 0 Å². The lowest BCUT2D eigenvalue weighted by molar-refractivity contribution is 0.606. The summed E-state index contributed by atoms with van der Waals surface area (Å²) in [6, 6.07) is 12.6. The van der Waals surface area contributed by atoms with Gasteiger partial charge in [0.25, 0.3) is 0 Å². The predicted molar refractivity (Wildman–Crippen MR) is 90.4 cm³/mol. The molecule has 0 saturated heterocycles. The van der Waals surface area contributed by atoms with Crippen LogP contribution in [0, 0.1) is 0 Å². The first kappa shape index (κ1) is 12.0. The fourth-order valence-corrected chi connectivity index (χ4v) is 2.99. The molecule has 4 aromatic rings. The number of para-hydroxylation sites is 1. The summed E-state index contributed by atoms with van der Waals surface area (Å²) in [4.78, 5) is 3.48. The number of rotatable bonds is 2. The molecular formula is C19H15NO. The van der Waals surface area contributed by atoms with E-state index >= 15 is 0 Å². The van der Waals surface area contributed by atoms with Crippen LogP contribution in [0.2, 0.25) is 0 Å². The molecule has 2 heteroatoms. The summed E-state index contributed by atoms with van der Waals surface area (Å²) in [6.07, 6.45) is 5.81. The Hall–Kier alpha value is -2.74. The van der Waals surface area contributed by atoms with E-state index in [1.165, 1.54) is 10.8 Å². The molecule has 1 N–H and O–H groups in total. The number of H-pyrrole nitrogens is 1. The van der Waals surface area contributed by atoms with Gasteiger partial charge in [-0.25, -0.2) is 0 Å². The van der Waals surface area contributed by atoms with Crippen molar-refractivity contribution in [2.45, 2.75) is 6.92 Å². The molecule has 0 unspecified atom stereocenters. The maximum Gasteiger partial charge on any atom is 0.159 e. The van der Waals surface area contributed by atoms with Crippen molar-refractivity contribution in [3.05, 3.63) is 60.4 Å². The molecule has 2 heterocycles. The fourth-order valence-electron chi connectivity index (χ4n) is 2.99. The van der Waals surface area contributed by atoms with Crippen LogP contribution in [0.1, 0.15) is 18.2 Å². The summed E-state index contributed by atoms with van der Waals surface area (Å²) in [5.74, 6) is 0.855. The molecule has 0 aliphatic heterocycles. The largest absolute Gasteiger partial charge is 0.454 e. The van der Waals surface area contributed by atoms with Crippen LogP contribution in [0.25, 0.3) is 44.9 Å². The van der Waals surface area contributed by atoms with Gasteiger partial charge in [0.05, 0.1) is 5.52 Å². The Morgan fingerprint density at radius 1 is 1.05 bits per heavy atom. The van der Waals surface area contributed by atoms with Gasteiger partial charge in [-0.2, -0.15) is 0 Å². The molecule has 0 amide bonds. The maximum absolute atomic E-state index is 6.08. The highest BCUT2D eigenvalue weighted by Crippen LogP contribution is 2.36. The fraction of sp³-hybridized carbons (Fsp3) is 0.0526. The van der Waals surface area contributed by atoms with Crippen LogP contribution < -0.4 is 0 Å². The first-order valence-corrected chi connectivity index (χ1v) is 7.04. The Morgan fingerprint density at radius 3 is 2.67 bits per heavy atom. The number of nitrogens with one attached hydrogen (secondary N) is 1. The number of aromatic nitrogens is 1. The summed E-state index contributed by atoms with van der Waals surface area (Å²) < 4.78 is 6.08. The average molecular weight is 273 g/mol. The van der Waals surface area contributed by atoms with Crippen molar-refractivity contribution < 1.29 is 4.42 Å². The number of furan rings is 1. The SMILES string of the molecule is C=Cc1c(/C=C\C)oc2c1ccc1c3ccccc3[nH]c12. The highest BCUT2D eigenvalue weighted by Gasteiger charge is 2.14. The van der Waals surface area contributed by atoms with Gasteiger partial charge in [-0.1, -0.05) is 43.0 Å². The summed E-state index contributed by atoms with van der Waals surface area (Å²) in [6.45, 7) is 5.90. The first-order chi connectivity index (χ1) is 10.3. The molecule has 0 aliphatic rings. The number of hydrogen-bond acceptors (Lipinski definition) is 1. The molecular weight excluding hydrogens is 258 g/mol. The summed E-state index contributed by atoms with van der Waals surface area (Å²) in [5.41, 5.74) is 4.12. The highest BCUT2D eigenvalue weighted by atomic mass is 16.3. The molecule has 0 aliphatic carbocycles. The number of allylic oxidation sites excluding steroid dienone is 1. The van der Waals surface area contributed by atoms with E-state index in [0.717, 1.165) is 33.3 Å². The third-order valence-corrected chi connectivity index (χ3v) is 3.92. The van der Waals surface area contributed by atoms with E-state index in [1.807, 2.05) is 31.2 Å². The Kier molecular flexibility index (Phi) is 2.51. The standard InChI is InChI=1S/C19H15NO/c1-3-7-17-12(4-2)15-11-10-14-13-8-5-6-9-16(13)20-18(14)19(15)21-17/h3-11,20H,2H2,1H3/b7-3-. The second-order valence-corrected chi connectivity index (χ2v) is 5.12. The zero-order valence-corrected chi connectivity index (χ0v) is 11.8. The molecule has 0 bridgehead atoms. The van der Waals surface area contributed by atoms with Crippen LogP contribution in [-0.4, -0.2) is 4.98 Å². The molecule has 0 radical (unpaired) electrons. The van der Waals surface area contributed by atoms with E-state index < -0.39 is 0 Å². The van der Waals surface area contributed by atoms with Crippen LogP contribution >= 0.6 is 0 Å². The van der Waals surface area contributed by atoms with E-state index in [0.29, 0.717) is 0 Å². The van der Waals surface area contributed by atoms with Gasteiger partial charge in [-0.15, -0.1) is 0 Å². The molecule has 0 saturated carbocycles. The normalized spacial score (nSPS) is 12.0. The van der Waals surface area contributed by atoms with Gasteiger partial charge in [0, 0.05) is 27.2 Å². The van der Waals surface area contributed by atoms with E-state index in [9.17, 15) is 0 Å². The summed E-state index contributed by atoms with van der Waals surface area (Å²) in [7, 11) is 0. The minimum absolute atomic E-state index is 0.855. The zero-order valence-electron chi connectivity index (χ0n) is 11.8. The Balaban J connectivity index is 2.21. The highest BCUT2D eigenvalue weighted by molar-refractivity contribution is 6.16. The monoisotopic (exact) mass is 273 g/mol. The van der Waals surface area contributed by atoms with Crippen LogP contribution in [0.3, 0.4) is 0 Å². The molecule has 102 valence electrons. The van der Waals surface area contributed by atoms with Gasteiger partial charge in [0.15, 0.2) is 5.58 Å². The average Bonchev–Trinajstić information content (AvgIpc) is 3.04. The minimum atomic E-state index is 0.855. The van der Waals surface area contributed by atoms with Crippen molar-refractivity contribution in [1.82, 2.24) is 4.98 Å². The van der Waals surface area contributed by atoms with E-state index in [4.69, 9.17) is 4.42 Å². The van der Waals surface area contributed by atoms with Crippen molar-refractivity contribution in [3.8, 4) is 0 Å². The predicted octanol–water partition coefficient (Wildman–Crippen LogP) is 5.74. The van der Waals surface area contributed by atoms with Crippen LogP contribution in [0.5, 0.6) is 0 Å². The van der Waals surface area contributed by atoms with Gasteiger partial charge in [0.2, 0.25) is 0 Å². The van der Waals surface area contributed by atoms with Crippen LogP contribution in [-0.2, 0) is 0 Å². The molecule has 2 aromatic heterocycles. The molecule has 2 aromatic carbocycles. The summed E-state index contributed by atoms with van der Waals surface area (Å²) >= 11 is 0. The first-order valence-electron chi connectivity index (χ1n) is 7.04. The number of hydrogen-bond donors (Lipinski definition) is 1. The van der Waals surface area contributed by atoms with E-state index in [1.54, 1.807) is 0 Å². The Morgan fingerprint density at radius 2 is 1.86 bits per heavy atom. The maximum atomic E-state index is 6.08. The topological polar surface area (TPSA) is 28.9 Å². The third-order valence-electron chi connectivity index (χ3n) is 3.92. The second-order valence-electron chi connectivity index (χ2n) is 5.12. The zero-order chi connectivity index (χ0) is 14.4. The lowest BCUT2D eigenvalue weighted by Crippen LogP contribution is -1.73. The van der Waals surface area contributed by atoms with Crippen LogP contribution in [0.4, 0.5) is 0 Å². The lowest BCUT2D eigenvalue weighted by Gasteiger charge is -1.93. The second kappa shape index (κ2) is 4.38. The number of benzene rings is 2. The van der Waals surface area contributed by atoms with E-state index in [-0.39, 0.29) is 0 Å². The van der Waals surface area contributed by atoms with Gasteiger partial charge in [0.1, 0.15) is 5.76 Å². The molecule has 21 heavy (non-hydrogen) atoms. The van der Waals surface area contributed by atoms with Gasteiger partial charge >= 0.3 is 0 Å². The van der Waals surface area contributed by atoms with Crippen molar-refractivity contribution in [3.63, 3.8) is 0 Å². The number of fused-ring (bicyclic) bond motifs is 5. The Labute approximate surface area is 122 Å². The van der Waals surface area contributed by atoms with Crippen molar-refractivity contribution in [2.75, 3.05) is 0 Å². The molecule has 0 atom stereocenters. The van der Waals surface area contributed by atoms with E-state index in [2.05, 4.69) is 41.9 Å². The van der Waals surface area contributed by atoms with Crippen LogP contribution in [0.15, 0.2) is 53.5 Å². The van der Waals surface area contributed by atoms with Gasteiger partial charge in [-0.05, 0) is 25.1 Å². The number of aromatic amines is 1. The van der Waals surface area contributed by atoms with Gasteiger partial charge < -0.3 is 9.40 Å². The molecule has 4 rings (SSSR count). The molecule has 2 nitrogen and oxygen atoms in total. The van der Waals surface area contributed by atoms with Crippen molar-refractivity contribution >= 4 is 44.9 Å². The quantitative estimate of drug-likeness (QED) is 0.495. The Bertz CT molecular complexity index is 1010. The van der Waals surface area contributed by atoms with Crippen molar-refractivity contribution in [1.29, 1.82) is 0 Å². The summed E-state index contributed by atoms with van der Waals surface area (Å²) in [5, 5.41) is 3.50. The molecule has 0 spiro atoms. The minimum Gasteiger partial charge on any atom is -0.454 e. The molecule has 0 fully saturated rings. The lowest BCUT2D eigenvalue weighted by atomic mass is 10.1.